The minimum Gasteiger partial charge on any atom is -0.504 e. The van der Waals surface area contributed by atoms with Crippen LogP contribution in [0.3, 0.4) is 0 Å². The fourth-order valence-corrected chi connectivity index (χ4v) is 2.50. The Hall–Kier alpha value is -2.05. The third-order valence-electron chi connectivity index (χ3n) is 2.86. The van der Waals surface area contributed by atoms with E-state index in [1.54, 1.807) is 36.4 Å². The van der Waals surface area contributed by atoms with Gasteiger partial charge >= 0.3 is 0 Å². The van der Waals surface area contributed by atoms with E-state index >= 15 is 0 Å². The molecular weight excluding hydrogens is 384 g/mol. The summed E-state index contributed by atoms with van der Waals surface area (Å²) in [5, 5.41) is 14.3. The first-order chi connectivity index (χ1) is 11.0. The molecule has 0 unspecified atom stereocenters. The average molecular weight is 398 g/mol. The van der Waals surface area contributed by atoms with E-state index in [4.69, 9.17) is 16.3 Å². The second kappa shape index (κ2) is 7.99. The van der Waals surface area contributed by atoms with E-state index in [1.165, 1.54) is 6.21 Å². The smallest absolute Gasteiger partial charge is 0.272 e. The van der Waals surface area contributed by atoms with Gasteiger partial charge in [0.25, 0.3) is 5.91 Å². The molecule has 1 amide bonds. The molecule has 0 spiro atoms. The third kappa shape index (κ3) is 4.46. The molecule has 0 aliphatic heterocycles. The van der Waals surface area contributed by atoms with Crippen molar-refractivity contribution in [3.63, 3.8) is 0 Å². The molecule has 0 saturated carbocycles. The van der Waals surface area contributed by atoms with Gasteiger partial charge in [-0.25, -0.2) is 5.43 Å². The highest BCUT2D eigenvalue weighted by molar-refractivity contribution is 9.10. The number of hydrogen-bond donors (Lipinski definition) is 2. The summed E-state index contributed by atoms with van der Waals surface area (Å²) in [4.78, 5) is 12.0. The number of phenols is 1. The number of nitrogens with zero attached hydrogens (tertiary/aromatic N) is 1. The van der Waals surface area contributed by atoms with E-state index in [1.807, 2.05) is 6.92 Å². The standard InChI is InChI=1S/C16H14BrClN2O3/c1-2-23-14-8-11(17)7-10(15(14)21)9-19-20-16(22)12-5-3-4-6-13(12)18/h3-9,21H,2H2,1H3,(H,20,22). The van der Waals surface area contributed by atoms with Gasteiger partial charge in [-0.1, -0.05) is 39.7 Å². The van der Waals surface area contributed by atoms with E-state index in [2.05, 4.69) is 26.5 Å². The molecule has 0 atom stereocenters. The quantitative estimate of drug-likeness (QED) is 0.592. The first-order valence-electron chi connectivity index (χ1n) is 6.76. The summed E-state index contributed by atoms with van der Waals surface area (Å²) in [5.41, 5.74) is 3.09. The highest BCUT2D eigenvalue weighted by Crippen LogP contribution is 2.32. The maximum Gasteiger partial charge on any atom is 0.272 e. The molecule has 0 heterocycles. The van der Waals surface area contributed by atoms with Crippen LogP contribution in [0.2, 0.25) is 5.02 Å². The molecule has 2 N–H and O–H groups in total. The van der Waals surface area contributed by atoms with E-state index in [9.17, 15) is 9.90 Å². The van der Waals surface area contributed by atoms with Gasteiger partial charge in [0.05, 0.1) is 23.4 Å². The van der Waals surface area contributed by atoms with Crippen LogP contribution < -0.4 is 10.2 Å². The third-order valence-corrected chi connectivity index (χ3v) is 3.64. The lowest BCUT2D eigenvalue weighted by atomic mass is 10.2. The Morgan fingerprint density at radius 2 is 2.17 bits per heavy atom. The zero-order valence-electron chi connectivity index (χ0n) is 12.2. The van der Waals surface area contributed by atoms with E-state index in [0.29, 0.717) is 28.5 Å². The Balaban J connectivity index is 2.15. The number of hydrazone groups is 1. The Morgan fingerprint density at radius 1 is 1.43 bits per heavy atom. The maximum absolute atomic E-state index is 12.0. The van der Waals surface area contributed by atoms with Gasteiger partial charge < -0.3 is 9.84 Å². The average Bonchev–Trinajstić information content (AvgIpc) is 2.52. The largest absolute Gasteiger partial charge is 0.504 e. The van der Waals surface area contributed by atoms with Crippen molar-refractivity contribution in [3.8, 4) is 11.5 Å². The number of nitrogens with one attached hydrogen (secondary N) is 1. The number of halogens is 2. The Kier molecular flexibility index (Phi) is 6.01. The van der Waals surface area contributed by atoms with Crippen LogP contribution in [0.15, 0.2) is 46.0 Å². The Morgan fingerprint density at radius 3 is 2.87 bits per heavy atom. The fraction of sp³-hybridized carbons (Fsp3) is 0.125. The molecule has 0 saturated heterocycles. The molecule has 0 radical (unpaired) electrons. The molecule has 120 valence electrons. The van der Waals surface area contributed by atoms with Gasteiger partial charge in [-0.2, -0.15) is 5.10 Å². The van der Waals surface area contributed by atoms with Gasteiger partial charge in [-0.3, -0.25) is 4.79 Å². The fourth-order valence-electron chi connectivity index (χ4n) is 1.82. The molecule has 0 fully saturated rings. The van der Waals surface area contributed by atoms with Crippen LogP contribution in [0, 0.1) is 0 Å². The number of hydrogen-bond acceptors (Lipinski definition) is 4. The zero-order valence-corrected chi connectivity index (χ0v) is 14.6. The lowest BCUT2D eigenvalue weighted by Crippen LogP contribution is -2.17. The second-order valence-electron chi connectivity index (χ2n) is 4.45. The van der Waals surface area contributed by atoms with Crippen molar-refractivity contribution >= 4 is 39.7 Å². The van der Waals surface area contributed by atoms with Gasteiger partial charge in [-0.05, 0) is 31.2 Å². The number of carbonyl (C=O) groups is 1. The van der Waals surface area contributed by atoms with Crippen LogP contribution in [0.4, 0.5) is 0 Å². The van der Waals surface area contributed by atoms with E-state index < -0.39 is 5.91 Å². The number of amides is 1. The summed E-state index contributed by atoms with van der Waals surface area (Å²) < 4.78 is 6.04. The van der Waals surface area contributed by atoms with Crippen molar-refractivity contribution in [1.82, 2.24) is 5.43 Å². The minimum atomic E-state index is -0.439. The molecule has 0 aromatic heterocycles. The van der Waals surface area contributed by atoms with Crippen molar-refractivity contribution in [2.24, 2.45) is 5.10 Å². The van der Waals surface area contributed by atoms with Crippen LogP contribution in [0.1, 0.15) is 22.8 Å². The highest BCUT2D eigenvalue weighted by Gasteiger charge is 2.10. The monoisotopic (exact) mass is 396 g/mol. The predicted octanol–water partition coefficient (Wildman–Crippen LogP) is 3.97. The first-order valence-corrected chi connectivity index (χ1v) is 7.93. The summed E-state index contributed by atoms with van der Waals surface area (Å²) in [6, 6.07) is 9.96. The number of benzene rings is 2. The summed E-state index contributed by atoms with van der Waals surface area (Å²) in [5.74, 6) is -0.155. The van der Waals surface area contributed by atoms with Crippen LogP contribution >= 0.6 is 27.5 Å². The van der Waals surface area contributed by atoms with Gasteiger partial charge in [0, 0.05) is 10.0 Å². The second-order valence-corrected chi connectivity index (χ2v) is 5.78. The van der Waals surface area contributed by atoms with Crippen molar-refractivity contribution in [3.05, 3.63) is 57.0 Å². The summed E-state index contributed by atoms with van der Waals surface area (Å²) in [7, 11) is 0. The maximum atomic E-state index is 12.0. The highest BCUT2D eigenvalue weighted by atomic mass is 79.9. The molecule has 23 heavy (non-hydrogen) atoms. The van der Waals surface area contributed by atoms with Crippen LogP contribution in [0.5, 0.6) is 11.5 Å². The topological polar surface area (TPSA) is 70.9 Å². The van der Waals surface area contributed by atoms with Gasteiger partial charge in [0.2, 0.25) is 0 Å². The van der Waals surface area contributed by atoms with Crippen molar-refractivity contribution in [2.75, 3.05) is 6.61 Å². The molecule has 0 aliphatic rings. The summed E-state index contributed by atoms with van der Waals surface area (Å²) in [6.45, 7) is 2.24. The molecule has 5 nitrogen and oxygen atoms in total. The number of rotatable bonds is 5. The lowest BCUT2D eigenvalue weighted by molar-refractivity contribution is 0.0955. The van der Waals surface area contributed by atoms with E-state index in [-0.39, 0.29) is 5.75 Å². The molecule has 2 aromatic rings. The van der Waals surface area contributed by atoms with Crippen LogP contribution in [0.25, 0.3) is 0 Å². The van der Waals surface area contributed by atoms with Crippen molar-refractivity contribution in [1.29, 1.82) is 0 Å². The van der Waals surface area contributed by atoms with Gasteiger partial charge in [0.15, 0.2) is 11.5 Å². The minimum absolute atomic E-state index is 0.0502. The first kappa shape index (κ1) is 17.3. The Bertz CT molecular complexity index is 750. The summed E-state index contributed by atoms with van der Waals surface area (Å²) in [6.07, 6.45) is 1.33. The number of aromatic hydroxyl groups is 1. The van der Waals surface area contributed by atoms with Gasteiger partial charge in [0.1, 0.15) is 0 Å². The lowest BCUT2D eigenvalue weighted by Gasteiger charge is -2.08. The molecule has 0 aliphatic carbocycles. The van der Waals surface area contributed by atoms with Crippen molar-refractivity contribution in [2.45, 2.75) is 6.92 Å². The zero-order chi connectivity index (χ0) is 16.8. The van der Waals surface area contributed by atoms with E-state index in [0.717, 1.165) is 4.47 Å². The number of carbonyl (C=O) groups excluding carboxylic acids is 1. The molecule has 7 heteroatoms. The molecule has 0 bridgehead atoms. The summed E-state index contributed by atoms with van der Waals surface area (Å²) >= 11 is 9.27. The van der Waals surface area contributed by atoms with Crippen LogP contribution in [-0.4, -0.2) is 23.8 Å². The molecule has 2 rings (SSSR count). The Labute approximate surface area is 147 Å². The molecule has 2 aromatic carbocycles. The SMILES string of the molecule is CCOc1cc(Br)cc(C=NNC(=O)c2ccccc2Cl)c1O. The van der Waals surface area contributed by atoms with Gasteiger partial charge in [-0.15, -0.1) is 0 Å². The van der Waals surface area contributed by atoms with Crippen LogP contribution in [-0.2, 0) is 0 Å². The number of ether oxygens (including phenoxy) is 1. The predicted molar refractivity (Wildman–Crippen MR) is 93.5 cm³/mol. The molecular formula is C16H14BrClN2O3. The normalized spacial score (nSPS) is 10.7. The van der Waals surface area contributed by atoms with Crippen molar-refractivity contribution < 1.29 is 14.6 Å². The number of phenolic OH excluding ortho intramolecular Hbond substituents is 1.